The maximum absolute atomic E-state index is 10.2. The minimum Gasteiger partial charge on any atom is -0.508 e. The van der Waals surface area contributed by atoms with Crippen LogP contribution in [0, 0.1) is 5.92 Å². The number of aldehydes is 15. The summed E-state index contributed by atoms with van der Waals surface area (Å²) in [6, 6.07) is 12.4. The molecule has 0 aliphatic carbocycles. The summed E-state index contributed by atoms with van der Waals surface area (Å²) >= 11 is 7.85. The van der Waals surface area contributed by atoms with Gasteiger partial charge in [-0.15, -0.1) is 0 Å². The van der Waals surface area contributed by atoms with Gasteiger partial charge in [0, 0.05) is 19.5 Å². The van der Waals surface area contributed by atoms with E-state index in [2.05, 4.69) is 84.4 Å². The number of phenolic OH excluding ortho intramolecular Hbond substituents is 1. The standard InChI is InChI=1S/C9H11NO2.C9H11NO.C6H14N2O.C6H13NO.C5H9NO.C4H8N2O2.4C4H10S.7C3H7NO.C3H9N.2C2H5NO.7CH4/c10-8(6-11)5-7-1-3-9(12)4-2-7;10-9(7-11)6-8-4-2-1-3-5-8;7-4-2-1-3-6(8)5-9;1-5(2)3-6(7)4-8;7-4-5-2-1-3-6-5;5-3(2-7)1-4(6)8;4*1-3-5-4-2;7*1-3(4)2-5;1-3-4-2;2*3-1-2-4;;;;;;;/h1-4,6,8,12H,5,10H2;1-5,7,9H,6,10H2;5-6H,1-4,7-8H2;4-6H,3,7H2,1-2H3;4-6H,1-3H2;2-3H,1,5H2,(H2,6,8);4*3-4H2,1-2H3;7*2-3H,4H2,1H3;4H,3H2,1-2H3;2*2H,1,3H2;7*1H4/t8-;9-;2*6-;5-;3-;;;;;7*3-;;;;;;;;;;/m000000....0000000........../s1. The van der Waals surface area contributed by atoms with Crippen LogP contribution in [0.3, 0.4) is 0 Å². The highest BCUT2D eigenvalue weighted by Crippen LogP contribution is 2.10. The first-order chi connectivity index (χ1) is 57.4. The molecule has 0 saturated carbocycles. The molecule has 129 heavy (non-hydrogen) atoms. The van der Waals surface area contributed by atoms with E-state index in [0.29, 0.717) is 94.5 Å². The number of carbonyl (C=O) groups is 16. The number of unbranched alkanes of at least 4 members (excludes halogenated alkanes) is 1. The Morgan fingerprint density at radius 3 is 0.791 bits per heavy atom. The van der Waals surface area contributed by atoms with Crippen LogP contribution < -0.4 is 102 Å². The van der Waals surface area contributed by atoms with E-state index in [1.807, 2.05) is 98.3 Å². The monoisotopic (exact) mass is 1940 g/mol. The molecule has 1 amide bonds. The highest BCUT2D eigenvalue weighted by atomic mass is 32.2. The predicted molar refractivity (Wildman–Crippen MR) is 565 cm³/mol. The average molecular weight is 1940 g/mol. The number of aromatic hydroxyl groups is 1. The number of amides is 1. The maximum Gasteiger partial charge on any atom is 0.219 e. The molecule has 35 N–H and O–H groups in total. The Kier molecular flexibility index (Phi) is 257. The molecular weight excluding hydrogens is 1730 g/mol. The lowest BCUT2D eigenvalue weighted by Crippen LogP contribution is -2.28. The van der Waals surface area contributed by atoms with Crippen molar-refractivity contribution in [2.24, 2.45) is 97.7 Å². The van der Waals surface area contributed by atoms with Gasteiger partial charge in [0.05, 0.1) is 78.5 Å². The molecule has 778 valence electrons. The fraction of sp³-hybridized carbons (Fsp3) is 0.689. The van der Waals surface area contributed by atoms with E-state index >= 15 is 0 Å². The fourth-order valence-corrected chi connectivity index (χ4v) is 6.64. The Morgan fingerprint density at radius 1 is 0.403 bits per heavy atom. The van der Waals surface area contributed by atoms with Crippen LogP contribution in [0.25, 0.3) is 0 Å². The summed E-state index contributed by atoms with van der Waals surface area (Å²) < 4.78 is 0. The van der Waals surface area contributed by atoms with E-state index < -0.39 is 18.0 Å². The Morgan fingerprint density at radius 2 is 0.651 bits per heavy atom. The van der Waals surface area contributed by atoms with E-state index in [9.17, 15) is 67.1 Å². The largest absolute Gasteiger partial charge is 0.508 e. The first kappa shape index (κ1) is 186. The maximum atomic E-state index is 10.2. The molecule has 35 nitrogen and oxygen atoms in total. The Labute approximate surface area is 803 Å². The zero-order valence-corrected chi connectivity index (χ0v) is 80.6. The number of nitrogens with two attached hydrogens (primary N) is 16. The van der Waals surface area contributed by atoms with Gasteiger partial charge in [0.15, 0.2) is 0 Å². The van der Waals surface area contributed by atoms with Gasteiger partial charge in [0.1, 0.15) is 100 Å². The molecule has 2 aromatic rings. The predicted octanol–water partition coefficient (Wildman–Crippen LogP) is 6.47. The second kappa shape index (κ2) is 178. The van der Waals surface area contributed by atoms with Crippen LogP contribution in [0.4, 0.5) is 0 Å². The van der Waals surface area contributed by atoms with Crippen molar-refractivity contribution in [3.8, 4) is 5.75 Å². The van der Waals surface area contributed by atoms with E-state index in [1.54, 1.807) is 72.7 Å². The van der Waals surface area contributed by atoms with Crippen LogP contribution in [0.1, 0.15) is 233 Å². The molecule has 1 fully saturated rings. The van der Waals surface area contributed by atoms with Crippen molar-refractivity contribution in [2.75, 3.05) is 85.8 Å². The number of hydrogen-bond donors (Lipinski definition) is 19. The molecule has 0 radical (unpaired) electrons. The molecule has 0 spiro atoms. The summed E-state index contributed by atoms with van der Waals surface area (Å²) in [6.45, 7) is 38.0. The van der Waals surface area contributed by atoms with E-state index in [1.165, 1.54) is 46.0 Å². The van der Waals surface area contributed by atoms with E-state index in [-0.39, 0.29) is 144 Å². The molecule has 39 heteroatoms. The molecule has 1 aliphatic rings. The number of phenols is 1. The molecule has 1 saturated heterocycles. The molecule has 0 unspecified atom stereocenters. The molecule has 13 atom stereocenters. The van der Waals surface area contributed by atoms with Crippen LogP contribution in [0.2, 0.25) is 0 Å². The molecule has 0 bridgehead atoms. The molecule has 2 aromatic carbocycles. The third kappa shape index (κ3) is 296. The summed E-state index contributed by atoms with van der Waals surface area (Å²) in [7, 11) is 1.93. The first-order valence-electron chi connectivity index (χ1n) is 40.1. The molecular formula is C90H202N18O17S4. The number of hydrogen-bond acceptors (Lipinski definition) is 38. The third-order valence-electron chi connectivity index (χ3n) is 10.7. The number of nitrogens with one attached hydrogen (secondary N) is 2. The second-order valence-corrected chi connectivity index (χ2v) is 30.8. The summed E-state index contributed by atoms with van der Waals surface area (Å²) in [5.74, 6) is 10.3. The van der Waals surface area contributed by atoms with Gasteiger partial charge in [-0.2, -0.15) is 47.0 Å². The first-order valence-corrected chi connectivity index (χ1v) is 44.8. The zero-order chi connectivity index (χ0) is 99.2. The van der Waals surface area contributed by atoms with Crippen LogP contribution in [-0.4, -0.2) is 270 Å². The quantitative estimate of drug-likeness (QED) is 0.0256. The van der Waals surface area contributed by atoms with Crippen LogP contribution in [0.5, 0.6) is 5.75 Å². The SMILES string of the molecule is C.C.C.C.C.C.C.CC(C)C[C@H](N)C=O.CCNC.CCSCC.CCSCC.CCSCC.CCSCC.C[C@H](N)C=O.C[C@H](N)C=O.C[C@H](N)C=O.C[C@H](N)C=O.C[C@H](N)C=O.C[C@H](N)C=O.C[C@H](N)C=O.NC(=O)C[C@H](N)C=O.NCC=O.NCC=O.NCCCC[C@H](N)C=O.N[C@H](C=O)Cc1ccc(O)cc1.N[C@H](C=O)Cc1ccccc1.O=C[C@@H]1CCCN1. The van der Waals surface area contributed by atoms with Crippen molar-refractivity contribution in [3.63, 3.8) is 0 Å². The van der Waals surface area contributed by atoms with Crippen molar-refractivity contribution < 1.29 is 81.8 Å². The van der Waals surface area contributed by atoms with Gasteiger partial charge in [-0.3, -0.25) is 4.79 Å². The van der Waals surface area contributed by atoms with E-state index in [0.717, 1.165) is 87.9 Å². The number of benzene rings is 2. The number of thioether (sulfide) groups is 4. The Bertz CT molecular complexity index is 2260. The lowest BCUT2D eigenvalue weighted by atomic mass is 10.1. The fourth-order valence-electron chi connectivity index (χ4n) is 5.00. The highest BCUT2D eigenvalue weighted by molar-refractivity contribution is 7.99. The van der Waals surface area contributed by atoms with E-state index in [4.69, 9.17) is 95.0 Å². The normalized spacial score (nSPS) is 12.2. The smallest absolute Gasteiger partial charge is 0.219 e. The number of rotatable bonds is 36. The molecule has 1 heterocycles. The van der Waals surface area contributed by atoms with Crippen LogP contribution in [-0.2, 0) is 89.6 Å². The summed E-state index contributed by atoms with van der Waals surface area (Å²) in [4.78, 5) is 154. The van der Waals surface area contributed by atoms with Gasteiger partial charge in [0.2, 0.25) is 5.91 Å². The zero-order valence-electron chi connectivity index (χ0n) is 77.3. The lowest BCUT2D eigenvalue weighted by Gasteiger charge is -2.04. The average Bonchev–Trinajstić information content (AvgIpc) is 1.18. The minimum absolute atomic E-state index is 0. The van der Waals surface area contributed by atoms with Crippen molar-refractivity contribution in [1.29, 1.82) is 0 Å². The van der Waals surface area contributed by atoms with Gasteiger partial charge in [-0.1, -0.05) is 177 Å². The molecule has 1 aliphatic heterocycles. The van der Waals surface area contributed by atoms with Crippen LogP contribution in [0.15, 0.2) is 54.6 Å². The topological polar surface area (TPSA) is 734 Å². The van der Waals surface area contributed by atoms with Crippen molar-refractivity contribution in [1.82, 2.24) is 10.6 Å². The van der Waals surface area contributed by atoms with Crippen LogP contribution >= 0.6 is 47.0 Å². The minimum atomic E-state index is -0.729. The summed E-state index contributed by atoms with van der Waals surface area (Å²) in [5, 5.41) is 14.9. The van der Waals surface area contributed by atoms with Gasteiger partial charge in [-0.05, 0) is 195 Å². The Balaban J connectivity index is -0.0000000412. The van der Waals surface area contributed by atoms with Gasteiger partial charge in [0.25, 0.3) is 0 Å². The van der Waals surface area contributed by atoms with Crippen molar-refractivity contribution >= 4 is 147 Å². The van der Waals surface area contributed by atoms with Gasteiger partial charge < -0.3 is 179 Å². The highest BCUT2D eigenvalue weighted by Gasteiger charge is 2.11. The lowest BCUT2D eigenvalue weighted by molar-refractivity contribution is -0.120. The number of carbonyl (C=O) groups excluding carboxylic acids is 16. The second-order valence-electron chi connectivity index (χ2n) is 24.6. The number of primary amides is 1. The van der Waals surface area contributed by atoms with Gasteiger partial charge in [-0.25, -0.2) is 0 Å². The molecule has 0 aromatic heterocycles. The van der Waals surface area contributed by atoms with Crippen molar-refractivity contribution in [3.05, 3.63) is 65.7 Å². The Hall–Kier alpha value is -6.52. The third-order valence-corrected chi connectivity index (χ3v) is 14.0. The van der Waals surface area contributed by atoms with Crippen molar-refractivity contribution in [2.45, 2.75) is 313 Å². The summed E-state index contributed by atoms with van der Waals surface area (Å²) in [5.41, 5.74) is 82.2. The molecule has 3 rings (SSSR count). The summed E-state index contributed by atoms with van der Waals surface area (Å²) in [6.07, 6.45) is 17.4. The van der Waals surface area contributed by atoms with Gasteiger partial charge >= 0.3 is 0 Å².